The van der Waals surface area contributed by atoms with E-state index in [2.05, 4.69) is 68.4 Å². The van der Waals surface area contributed by atoms with Crippen LogP contribution in [0.25, 0.3) is 0 Å². The number of aryl methyl sites for hydroxylation is 1. The lowest BCUT2D eigenvalue weighted by atomic mass is 9.41. The van der Waals surface area contributed by atoms with Gasteiger partial charge >= 0.3 is 0 Å². The molecule has 8 nitrogen and oxygen atoms in total. The van der Waals surface area contributed by atoms with Gasteiger partial charge in [-0.3, -0.25) is 5.10 Å². The van der Waals surface area contributed by atoms with Crippen LogP contribution in [-0.4, -0.2) is 46.0 Å². The maximum atomic E-state index is 13.0. The predicted octanol–water partition coefficient (Wildman–Crippen LogP) is 7.10. The van der Waals surface area contributed by atoms with E-state index < -0.39 is 10.0 Å². The largest absolute Gasteiger partial charge is 0.393 e. The summed E-state index contributed by atoms with van der Waals surface area (Å²) in [6.07, 6.45) is 9.79. The summed E-state index contributed by atoms with van der Waals surface area (Å²) in [5.41, 5.74) is 1.45. The summed E-state index contributed by atoms with van der Waals surface area (Å²) in [6, 6.07) is 6.98. The zero-order valence-electron chi connectivity index (χ0n) is 29.1. The number of nitrogens with one attached hydrogen (secondary N) is 2. The van der Waals surface area contributed by atoms with E-state index in [1.54, 1.807) is 12.1 Å². The van der Waals surface area contributed by atoms with Gasteiger partial charge in [0.1, 0.15) is 5.82 Å². The smallest absolute Gasteiger partial charge is 0.264 e. The molecule has 1 unspecified atom stereocenters. The van der Waals surface area contributed by atoms with E-state index in [4.69, 9.17) is 0 Å². The number of H-pyrrole nitrogens is 1. The van der Waals surface area contributed by atoms with Crippen LogP contribution in [0.2, 0.25) is 0 Å². The van der Waals surface area contributed by atoms with E-state index in [9.17, 15) is 18.6 Å². The third-order valence-electron chi connectivity index (χ3n) is 13.8. The Morgan fingerprint density at radius 3 is 2.35 bits per heavy atom. The Labute approximate surface area is 277 Å². The Morgan fingerprint density at radius 2 is 1.67 bits per heavy atom. The van der Waals surface area contributed by atoms with Crippen LogP contribution in [0.3, 0.4) is 0 Å². The molecule has 0 saturated heterocycles. The van der Waals surface area contributed by atoms with Crippen LogP contribution >= 0.6 is 0 Å². The lowest BCUT2D eigenvalue weighted by Gasteiger charge is -2.64. The van der Waals surface area contributed by atoms with Crippen molar-refractivity contribution < 1.29 is 18.6 Å². The molecule has 46 heavy (non-hydrogen) atoms. The van der Waals surface area contributed by atoms with Gasteiger partial charge in [-0.05, 0) is 127 Å². The van der Waals surface area contributed by atoms with Crippen LogP contribution in [0, 0.1) is 52.3 Å². The number of rotatable bonds is 8. The van der Waals surface area contributed by atoms with Gasteiger partial charge in [0, 0.05) is 6.42 Å². The second-order valence-electron chi connectivity index (χ2n) is 17.1. The summed E-state index contributed by atoms with van der Waals surface area (Å²) in [6.45, 7) is 15.9. The predicted molar refractivity (Wildman–Crippen MR) is 182 cm³/mol. The van der Waals surface area contributed by atoms with Crippen LogP contribution in [0.1, 0.15) is 118 Å². The molecule has 4 aliphatic carbocycles. The Kier molecular flexibility index (Phi) is 8.97. The van der Waals surface area contributed by atoms with Crippen molar-refractivity contribution in [2.24, 2.45) is 52.3 Å². The van der Waals surface area contributed by atoms with Gasteiger partial charge in [0.2, 0.25) is 0 Å². The van der Waals surface area contributed by atoms with E-state index in [1.165, 1.54) is 25.7 Å². The van der Waals surface area contributed by atoms with E-state index in [1.807, 2.05) is 12.1 Å². The average molecular weight is 655 g/mol. The lowest BCUT2D eigenvalue weighted by Crippen LogP contribution is -2.62. The number of hydrogen-bond acceptors (Lipinski definition) is 6. The van der Waals surface area contributed by atoms with Gasteiger partial charge in [0.05, 0.1) is 17.1 Å². The molecule has 4 aliphatic rings. The molecule has 256 valence electrons. The molecule has 1 aromatic heterocycles. The first-order valence-corrected chi connectivity index (χ1v) is 19.5. The third-order valence-corrected chi connectivity index (χ3v) is 15.1. The molecule has 4 fully saturated rings. The zero-order chi connectivity index (χ0) is 33.2. The van der Waals surface area contributed by atoms with Crippen molar-refractivity contribution in [2.45, 2.75) is 135 Å². The maximum Gasteiger partial charge on any atom is 0.264 e. The van der Waals surface area contributed by atoms with E-state index in [0.717, 1.165) is 37.7 Å². The number of benzene rings is 1. The molecule has 0 bridgehead atoms. The summed E-state index contributed by atoms with van der Waals surface area (Å²) >= 11 is 0. The number of nitrogens with zero attached hydrogens (tertiary/aromatic N) is 2. The van der Waals surface area contributed by atoms with Gasteiger partial charge < -0.3 is 10.2 Å². The second kappa shape index (κ2) is 12.2. The lowest BCUT2D eigenvalue weighted by molar-refractivity contribution is -0.203. The Bertz CT molecular complexity index is 1490. The molecule has 11 atom stereocenters. The number of aromatic amines is 1. The summed E-state index contributed by atoms with van der Waals surface area (Å²) in [5, 5.41) is 29.7. The number of aromatic nitrogens is 3. The molecule has 0 spiro atoms. The van der Waals surface area contributed by atoms with Crippen molar-refractivity contribution >= 4 is 16.0 Å². The molecule has 4 N–H and O–H groups in total. The highest BCUT2D eigenvalue weighted by molar-refractivity contribution is 7.92. The minimum atomic E-state index is -3.79. The average Bonchev–Trinajstić information content (AvgIpc) is 3.59. The molecule has 6 rings (SSSR count). The highest BCUT2D eigenvalue weighted by Crippen LogP contribution is 2.69. The summed E-state index contributed by atoms with van der Waals surface area (Å²) in [7, 11) is -3.79. The minimum Gasteiger partial charge on any atom is -0.393 e. The first-order valence-electron chi connectivity index (χ1n) is 18.0. The van der Waals surface area contributed by atoms with Crippen LogP contribution in [-0.2, 0) is 21.9 Å². The molecule has 1 aromatic carbocycles. The topological polar surface area (TPSA) is 128 Å². The van der Waals surface area contributed by atoms with Gasteiger partial charge in [-0.2, -0.15) is 4.98 Å². The minimum absolute atomic E-state index is 0.0563. The molecule has 4 saturated carbocycles. The summed E-state index contributed by atoms with van der Waals surface area (Å²) in [5.74, 6) is 3.97. The number of aliphatic hydroxyl groups excluding tert-OH is 2. The van der Waals surface area contributed by atoms with Crippen LogP contribution in [0.4, 0.5) is 5.95 Å². The fourth-order valence-electron chi connectivity index (χ4n) is 11.3. The molecule has 9 heteroatoms. The van der Waals surface area contributed by atoms with Crippen LogP contribution in [0.15, 0.2) is 29.2 Å². The van der Waals surface area contributed by atoms with E-state index in [-0.39, 0.29) is 45.2 Å². The van der Waals surface area contributed by atoms with Crippen molar-refractivity contribution in [3.63, 3.8) is 0 Å². The number of hydrogen-bond donors (Lipinski definition) is 4. The second-order valence-corrected chi connectivity index (χ2v) is 18.8. The molecule has 1 heterocycles. The number of aliphatic hydroxyl groups is 2. The zero-order valence-corrected chi connectivity index (χ0v) is 29.9. The number of fused-ring (bicyclic) bond motifs is 5. The normalized spacial score (nSPS) is 38.5. The van der Waals surface area contributed by atoms with Crippen molar-refractivity contribution in [3.05, 3.63) is 35.7 Å². The molecular formula is C37H58N4O4S. The van der Waals surface area contributed by atoms with E-state index >= 15 is 0 Å². The number of anilines is 1. The quantitative estimate of drug-likeness (QED) is 0.241. The number of sulfonamides is 1. The Balaban J connectivity index is 1.10. The molecule has 0 aliphatic heterocycles. The fourth-order valence-corrected chi connectivity index (χ4v) is 12.2. The maximum absolute atomic E-state index is 13.0. The van der Waals surface area contributed by atoms with Crippen molar-refractivity contribution in [1.29, 1.82) is 0 Å². The molecule has 0 amide bonds. The van der Waals surface area contributed by atoms with Gasteiger partial charge in [-0.25, -0.2) is 13.1 Å². The van der Waals surface area contributed by atoms with E-state index in [0.29, 0.717) is 47.8 Å². The highest BCUT2D eigenvalue weighted by Gasteiger charge is 2.64. The van der Waals surface area contributed by atoms with Crippen molar-refractivity contribution in [1.82, 2.24) is 15.2 Å². The fraction of sp³-hybridized carbons (Fsp3) is 0.784. The monoisotopic (exact) mass is 654 g/mol. The first kappa shape index (κ1) is 33.9. The van der Waals surface area contributed by atoms with Gasteiger partial charge in [-0.1, -0.05) is 67.0 Å². The van der Waals surface area contributed by atoms with Gasteiger partial charge in [-0.15, -0.1) is 5.10 Å². The first-order chi connectivity index (χ1) is 21.6. The summed E-state index contributed by atoms with van der Waals surface area (Å²) < 4.78 is 28.6. The molecular weight excluding hydrogens is 596 g/mol. The van der Waals surface area contributed by atoms with Gasteiger partial charge in [0.15, 0.2) is 0 Å². The Hall–Kier alpha value is -1.97. The van der Waals surface area contributed by atoms with Crippen molar-refractivity contribution in [2.75, 3.05) is 4.72 Å². The van der Waals surface area contributed by atoms with Crippen molar-refractivity contribution in [3.8, 4) is 0 Å². The Morgan fingerprint density at radius 1 is 1.00 bits per heavy atom. The summed E-state index contributed by atoms with van der Waals surface area (Å²) in [4.78, 5) is 4.69. The highest BCUT2D eigenvalue weighted by atomic mass is 32.2. The van der Waals surface area contributed by atoms with Crippen LogP contribution in [0.5, 0.6) is 0 Å². The van der Waals surface area contributed by atoms with Crippen LogP contribution < -0.4 is 4.72 Å². The third kappa shape index (κ3) is 5.84. The molecule has 0 radical (unpaired) electrons. The standard InChI is InChI=1S/C37H58N4O4S/c1-8-26-30-21-24(42)17-19-37(30,7)29-18-20-36(6)27(14-15-28(36)32(29)33(26)43)22(2)9-16-31-38-34(40-39-31)41-46(44,45)25-12-10-23(11-13-25)35(3,4)5/h10-13,22,24,26-30,32-33,42-43H,8-9,14-21H2,1-7H3,(H2,38,39,40,41)/t22-,24-,26-,27?,28+,29+,30+,32+,33-,36-,37-/m1/s1. The SMILES string of the molecule is CC[C@H]1[C@@H](O)[C@@H]2[C@H](CC[C@]3(C)C([C@H](C)CCc4nc(NS(=O)(=O)c5ccc(C(C)(C)C)cc5)n[nH]4)CC[C@@H]23)[C@@]2(C)CC[C@@H](O)C[C@@H]12. The van der Waals surface area contributed by atoms with Gasteiger partial charge in [0.25, 0.3) is 16.0 Å². The molecule has 2 aromatic rings.